The van der Waals surface area contributed by atoms with E-state index in [4.69, 9.17) is 10.8 Å². The third-order valence-electron chi connectivity index (χ3n) is 4.20. The van der Waals surface area contributed by atoms with Gasteiger partial charge >= 0.3 is 5.97 Å². The number of nitrogens with one attached hydrogen (secondary N) is 4. The summed E-state index contributed by atoms with van der Waals surface area (Å²) in [5, 5.41) is 28.4. The van der Waals surface area contributed by atoms with E-state index >= 15 is 0 Å². The highest BCUT2D eigenvalue weighted by Crippen LogP contribution is 2.05. The van der Waals surface area contributed by atoms with Gasteiger partial charge in [-0.25, -0.2) is 4.79 Å². The minimum atomic E-state index is -1.19. The molecule has 27 heavy (non-hydrogen) atoms. The Kier molecular flexibility index (Phi) is 10.3. The van der Waals surface area contributed by atoms with Crippen LogP contribution in [0.15, 0.2) is 0 Å². The average Bonchev–Trinajstić information content (AvgIpc) is 3.18. The van der Waals surface area contributed by atoms with Crippen molar-refractivity contribution in [1.82, 2.24) is 21.3 Å². The Labute approximate surface area is 157 Å². The average molecular weight is 387 g/mol. The molecule has 3 amide bonds. The Morgan fingerprint density at radius 1 is 1.15 bits per heavy atom. The van der Waals surface area contributed by atoms with E-state index in [0.717, 1.165) is 6.42 Å². The molecule has 1 rings (SSSR count). The first-order chi connectivity index (χ1) is 12.9. The molecule has 0 saturated carbocycles. The van der Waals surface area contributed by atoms with Crippen molar-refractivity contribution in [2.24, 2.45) is 5.73 Å². The second kappa shape index (κ2) is 12.2. The molecule has 3 atom stereocenters. The molecule has 1 fully saturated rings. The number of hydrogen-bond acceptors (Lipinski definition) is 7. The van der Waals surface area contributed by atoms with E-state index < -0.39 is 55.0 Å². The van der Waals surface area contributed by atoms with Crippen molar-refractivity contribution in [1.29, 1.82) is 0 Å². The smallest absolute Gasteiger partial charge is 0.326 e. The highest BCUT2D eigenvalue weighted by atomic mass is 16.4. The Hall–Kier alpha value is -2.24. The number of nitrogens with two attached hydrogens (primary N) is 1. The van der Waals surface area contributed by atoms with E-state index in [9.17, 15) is 24.3 Å². The molecule has 1 aliphatic heterocycles. The molecule has 154 valence electrons. The van der Waals surface area contributed by atoms with Crippen molar-refractivity contribution in [2.75, 3.05) is 26.2 Å². The van der Waals surface area contributed by atoms with Crippen LogP contribution in [0, 0.1) is 0 Å². The minimum absolute atomic E-state index is 0.232. The summed E-state index contributed by atoms with van der Waals surface area (Å²) in [5.74, 6) is -2.97. The fourth-order valence-corrected chi connectivity index (χ4v) is 2.66. The Bertz CT molecular complexity index is 523. The maximum atomic E-state index is 12.0. The third kappa shape index (κ3) is 8.33. The SMILES string of the molecule is NCCCCC(NC(=O)CNC(=O)C(CO)NC(=O)C1CCCN1)C(=O)O. The summed E-state index contributed by atoms with van der Waals surface area (Å²) in [6.07, 6.45) is 2.92. The molecule has 0 aromatic carbocycles. The number of carboxylic acid groups (broad SMARTS) is 1. The van der Waals surface area contributed by atoms with Gasteiger partial charge < -0.3 is 37.2 Å². The second-order valence-corrected chi connectivity index (χ2v) is 6.35. The number of aliphatic hydroxyl groups excluding tert-OH is 1. The van der Waals surface area contributed by atoms with E-state index in [0.29, 0.717) is 32.4 Å². The van der Waals surface area contributed by atoms with E-state index in [1.807, 2.05) is 0 Å². The topological polar surface area (TPSA) is 183 Å². The lowest BCUT2D eigenvalue weighted by molar-refractivity contribution is -0.142. The minimum Gasteiger partial charge on any atom is -0.480 e. The van der Waals surface area contributed by atoms with Gasteiger partial charge in [-0.1, -0.05) is 0 Å². The maximum absolute atomic E-state index is 12.0. The molecule has 0 aromatic rings. The van der Waals surface area contributed by atoms with Crippen LogP contribution in [0.3, 0.4) is 0 Å². The van der Waals surface area contributed by atoms with Gasteiger partial charge in [0.15, 0.2) is 0 Å². The molecular weight excluding hydrogens is 358 g/mol. The van der Waals surface area contributed by atoms with Gasteiger partial charge in [-0.3, -0.25) is 14.4 Å². The maximum Gasteiger partial charge on any atom is 0.326 e. The number of hydrogen-bond donors (Lipinski definition) is 7. The van der Waals surface area contributed by atoms with Crippen LogP contribution in [0.4, 0.5) is 0 Å². The van der Waals surface area contributed by atoms with Crippen LogP contribution in [0.2, 0.25) is 0 Å². The molecule has 1 saturated heterocycles. The molecule has 3 unspecified atom stereocenters. The number of rotatable bonds is 12. The molecular formula is C16H29N5O6. The number of carboxylic acids is 1. The summed E-state index contributed by atoms with van der Waals surface area (Å²) in [5.41, 5.74) is 5.35. The normalized spacial score (nSPS) is 18.4. The Morgan fingerprint density at radius 3 is 2.44 bits per heavy atom. The second-order valence-electron chi connectivity index (χ2n) is 6.35. The zero-order valence-electron chi connectivity index (χ0n) is 15.2. The van der Waals surface area contributed by atoms with E-state index in [1.165, 1.54) is 0 Å². The molecule has 11 nitrogen and oxygen atoms in total. The lowest BCUT2D eigenvalue weighted by atomic mass is 10.1. The van der Waals surface area contributed by atoms with Crippen molar-refractivity contribution >= 4 is 23.7 Å². The zero-order valence-corrected chi connectivity index (χ0v) is 15.2. The lowest BCUT2D eigenvalue weighted by Crippen LogP contribution is -2.54. The van der Waals surface area contributed by atoms with Gasteiger partial charge in [0, 0.05) is 0 Å². The van der Waals surface area contributed by atoms with Crippen LogP contribution in [-0.2, 0) is 19.2 Å². The monoisotopic (exact) mass is 387 g/mol. The fourth-order valence-electron chi connectivity index (χ4n) is 2.66. The molecule has 0 bridgehead atoms. The summed E-state index contributed by atoms with van der Waals surface area (Å²) in [7, 11) is 0. The highest BCUT2D eigenvalue weighted by molar-refractivity contribution is 5.92. The van der Waals surface area contributed by atoms with Crippen LogP contribution in [-0.4, -0.2) is 78.3 Å². The number of amides is 3. The number of carbonyl (C=O) groups excluding carboxylic acids is 3. The van der Waals surface area contributed by atoms with E-state index in [2.05, 4.69) is 21.3 Å². The van der Waals surface area contributed by atoms with Crippen LogP contribution in [0.25, 0.3) is 0 Å². The molecule has 1 aliphatic rings. The number of aliphatic hydroxyl groups is 1. The molecule has 0 aromatic heterocycles. The zero-order chi connectivity index (χ0) is 20.2. The Balaban J connectivity index is 2.41. The predicted molar refractivity (Wildman–Crippen MR) is 95.5 cm³/mol. The summed E-state index contributed by atoms with van der Waals surface area (Å²) < 4.78 is 0. The molecule has 0 radical (unpaired) electrons. The van der Waals surface area contributed by atoms with Crippen molar-refractivity contribution in [3.63, 3.8) is 0 Å². The number of aliphatic carboxylic acids is 1. The van der Waals surface area contributed by atoms with Crippen LogP contribution < -0.4 is 27.0 Å². The van der Waals surface area contributed by atoms with Crippen LogP contribution in [0.5, 0.6) is 0 Å². The van der Waals surface area contributed by atoms with Gasteiger partial charge in [0.05, 0.1) is 19.2 Å². The standard InChI is InChI=1S/C16H29N5O6/c17-6-2-1-4-11(16(26)27)20-13(23)8-19-14(24)12(9-22)21-15(25)10-5-3-7-18-10/h10-12,18,22H,1-9,17H2,(H,19,24)(H,20,23)(H,21,25)(H,26,27). The van der Waals surface area contributed by atoms with E-state index in [-0.39, 0.29) is 6.42 Å². The first kappa shape index (κ1) is 22.8. The Morgan fingerprint density at radius 2 is 1.89 bits per heavy atom. The van der Waals surface area contributed by atoms with Crippen molar-refractivity contribution in [2.45, 2.75) is 50.2 Å². The van der Waals surface area contributed by atoms with Gasteiger partial charge in [0.2, 0.25) is 17.7 Å². The van der Waals surface area contributed by atoms with Crippen molar-refractivity contribution in [3.8, 4) is 0 Å². The fraction of sp³-hybridized carbons (Fsp3) is 0.750. The molecule has 1 heterocycles. The quantitative estimate of drug-likeness (QED) is 0.173. The van der Waals surface area contributed by atoms with E-state index in [1.54, 1.807) is 0 Å². The first-order valence-electron chi connectivity index (χ1n) is 9.03. The van der Waals surface area contributed by atoms with Crippen molar-refractivity contribution < 1.29 is 29.4 Å². The highest BCUT2D eigenvalue weighted by Gasteiger charge is 2.27. The van der Waals surface area contributed by atoms with Crippen LogP contribution >= 0.6 is 0 Å². The van der Waals surface area contributed by atoms with Crippen LogP contribution in [0.1, 0.15) is 32.1 Å². The lowest BCUT2D eigenvalue weighted by Gasteiger charge is -2.19. The molecule has 11 heteroatoms. The van der Waals surface area contributed by atoms with Gasteiger partial charge in [0.25, 0.3) is 0 Å². The summed E-state index contributed by atoms with van der Waals surface area (Å²) in [4.78, 5) is 47.0. The summed E-state index contributed by atoms with van der Waals surface area (Å²) >= 11 is 0. The van der Waals surface area contributed by atoms with Gasteiger partial charge in [-0.2, -0.15) is 0 Å². The predicted octanol–water partition coefficient (Wildman–Crippen LogP) is -2.97. The van der Waals surface area contributed by atoms with Crippen molar-refractivity contribution in [3.05, 3.63) is 0 Å². The number of unbranched alkanes of at least 4 members (excludes halogenated alkanes) is 1. The summed E-state index contributed by atoms with van der Waals surface area (Å²) in [6, 6.07) is -2.66. The summed E-state index contributed by atoms with van der Waals surface area (Å²) in [6.45, 7) is 0.0571. The van der Waals surface area contributed by atoms with Gasteiger partial charge in [-0.15, -0.1) is 0 Å². The number of carbonyl (C=O) groups is 4. The molecule has 8 N–H and O–H groups in total. The molecule has 0 spiro atoms. The third-order valence-corrected chi connectivity index (χ3v) is 4.20. The van der Waals surface area contributed by atoms with Gasteiger partial charge in [-0.05, 0) is 45.2 Å². The largest absolute Gasteiger partial charge is 0.480 e. The van der Waals surface area contributed by atoms with Gasteiger partial charge in [0.1, 0.15) is 12.1 Å². The first-order valence-corrected chi connectivity index (χ1v) is 9.03. The molecule has 0 aliphatic carbocycles.